The lowest BCUT2D eigenvalue weighted by atomic mass is 9.81. The second kappa shape index (κ2) is 7.59. The van der Waals surface area contributed by atoms with Crippen LogP contribution >= 0.6 is 11.6 Å². The van der Waals surface area contributed by atoms with Gasteiger partial charge < -0.3 is 15.2 Å². The van der Waals surface area contributed by atoms with Gasteiger partial charge in [-0.1, -0.05) is 18.0 Å². The Morgan fingerprint density at radius 3 is 2.65 bits per heavy atom. The number of benzene rings is 1. The van der Waals surface area contributed by atoms with Crippen LogP contribution in [0.4, 0.5) is 14.5 Å². The Labute approximate surface area is 136 Å². The second-order valence-electron chi connectivity index (χ2n) is 5.41. The van der Waals surface area contributed by atoms with Gasteiger partial charge in [-0.2, -0.15) is 8.78 Å². The quantitative estimate of drug-likeness (QED) is 0.850. The first-order valence-electron chi connectivity index (χ1n) is 7.15. The molecule has 1 aliphatic rings. The number of hydrogen-bond acceptors (Lipinski definition) is 3. The van der Waals surface area contributed by atoms with Crippen LogP contribution in [0.1, 0.15) is 25.7 Å². The molecule has 1 aromatic carbocycles. The highest BCUT2D eigenvalue weighted by Crippen LogP contribution is 2.32. The number of carbonyl (C=O) groups is 2. The van der Waals surface area contributed by atoms with Gasteiger partial charge in [-0.3, -0.25) is 9.59 Å². The number of ether oxygens (including phenoxy) is 1. The molecule has 8 heteroatoms. The predicted octanol–water partition coefficient (Wildman–Crippen LogP) is 3.77. The topological polar surface area (TPSA) is 75.6 Å². The van der Waals surface area contributed by atoms with Gasteiger partial charge in [0.25, 0.3) is 0 Å². The Kier molecular flexibility index (Phi) is 5.76. The van der Waals surface area contributed by atoms with Crippen molar-refractivity contribution in [2.24, 2.45) is 11.8 Å². The van der Waals surface area contributed by atoms with Crippen molar-refractivity contribution in [2.75, 3.05) is 5.32 Å². The normalized spacial score (nSPS) is 21.0. The molecule has 2 rings (SSSR count). The van der Waals surface area contributed by atoms with Crippen molar-refractivity contribution in [2.45, 2.75) is 32.3 Å². The summed E-state index contributed by atoms with van der Waals surface area (Å²) in [6.45, 7) is -3.02. The summed E-state index contributed by atoms with van der Waals surface area (Å²) < 4.78 is 28.8. The van der Waals surface area contributed by atoms with Crippen LogP contribution in [0.3, 0.4) is 0 Å². The van der Waals surface area contributed by atoms with Gasteiger partial charge in [0.05, 0.1) is 10.9 Å². The van der Waals surface area contributed by atoms with Gasteiger partial charge in [0.15, 0.2) is 0 Å². The molecule has 0 bridgehead atoms. The maximum Gasteiger partial charge on any atom is 0.387 e. The number of alkyl halides is 2. The maximum atomic E-state index is 12.3. The number of carbonyl (C=O) groups excluding carboxylic acids is 1. The number of aliphatic carboxylic acids is 1. The van der Waals surface area contributed by atoms with Crippen molar-refractivity contribution in [1.29, 1.82) is 0 Å². The van der Waals surface area contributed by atoms with E-state index in [1.807, 2.05) is 0 Å². The standard InChI is InChI=1S/C15H16ClF2NO4/c16-11-5-4-10(7-12(11)23-15(17)18)19-13(20)8-2-1-3-9(6-8)14(21)22/h4-5,7-9,15H,1-3,6H2,(H,19,20)(H,21,22). The minimum absolute atomic E-state index is 0.00639. The molecule has 5 nitrogen and oxygen atoms in total. The number of nitrogens with one attached hydrogen (secondary N) is 1. The molecule has 0 aromatic heterocycles. The average molecular weight is 348 g/mol. The van der Waals surface area contributed by atoms with Crippen LogP contribution in [0.15, 0.2) is 18.2 Å². The molecule has 0 saturated heterocycles. The summed E-state index contributed by atoms with van der Waals surface area (Å²) >= 11 is 5.74. The minimum Gasteiger partial charge on any atom is -0.481 e. The molecule has 1 aliphatic carbocycles. The molecular formula is C15H16ClF2NO4. The zero-order valence-corrected chi connectivity index (χ0v) is 12.9. The van der Waals surface area contributed by atoms with Crippen LogP contribution in [-0.2, 0) is 9.59 Å². The first-order valence-corrected chi connectivity index (χ1v) is 7.52. The fourth-order valence-corrected chi connectivity index (χ4v) is 2.83. The second-order valence-corrected chi connectivity index (χ2v) is 5.82. The van der Waals surface area contributed by atoms with E-state index in [1.54, 1.807) is 0 Å². The Bertz CT molecular complexity index is 597. The summed E-state index contributed by atoms with van der Waals surface area (Å²) in [6.07, 6.45) is 2.10. The molecule has 1 aromatic rings. The molecular weight excluding hydrogens is 332 g/mol. The van der Waals surface area contributed by atoms with E-state index in [9.17, 15) is 18.4 Å². The predicted molar refractivity (Wildman–Crippen MR) is 79.8 cm³/mol. The number of anilines is 1. The van der Waals surface area contributed by atoms with E-state index in [4.69, 9.17) is 16.7 Å². The molecule has 126 valence electrons. The lowest BCUT2D eigenvalue weighted by Crippen LogP contribution is -2.30. The fraction of sp³-hybridized carbons (Fsp3) is 0.467. The molecule has 2 unspecified atom stereocenters. The molecule has 0 radical (unpaired) electrons. The van der Waals surface area contributed by atoms with Crippen LogP contribution < -0.4 is 10.1 Å². The lowest BCUT2D eigenvalue weighted by Gasteiger charge is -2.25. The number of hydrogen-bond donors (Lipinski definition) is 2. The van der Waals surface area contributed by atoms with E-state index in [0.717, 1.165) is 0 Å². The molecule has 0 aliphatic heterocycles. The fourth-order valence-electron chi connectivity index (χ4n) is 2.66. The van der Waals surface area contributed by atoms with E-state index in [0.29, 0.717) is 19.3 Å². The SMILES string of the molecule is O=C(O)C1CCCC(C(=O)Nc2ccc(Cl)c(OC(F)F)c2)C1. The van der Waals surface area contributed by atoms with Crippen molar-refractivity contribution in [3.63, 3.8) is 0 Å². The summed E-state index contributed by atoms with van der Waals surface area (Å²) in [5.41, 5.74) is 0.271. The van der Waals surface area contributed by atoms with Gasteiger partial charge >= 0.3 is 12.6 Å². The number of amides is 1. The Hall–Kier alpha value is -1.89. The molecule has 1 fully saturated rings. The van der Waals surface area contributed by atoms with Crippen molar-refractivity contribution >= 4 is 29.2 Å². The van der Waals surface area contributed by atoms with Crippen molar-refractivity contribution in [3.8, 4) is 5.75 Å². The summed E-state index contributed by atoms with van der Waals surface area (Å²) in [5, 5.41) is 11.6. The number of carboxylic acids is 1. The highest BCUT2D eigenvalue weighted by atomic mass is 35.5. The number of carboxylic acid groups (broad SMARTS) is 1. The zero-order valence-electron chi connectivity index (χ0n) is 12.1. The molecule has 2 N–H and O–H groups in total. The largest absolute Gasteiger partial charge is 0.481 e. The van der Waals surface area contributed by atoms with E-state index < -0.39 is 24.4 Å². The van der Waals surface area contributed by atoms with E-state index >= 15 is 0 Å². The third kappa shape index (κ3) is 4.79. The number of rotatable bonds is 5. The summed E-state index contributed by atoms with van der Waals surface area (Å²) in [4.78, 5) is 23.3. The first-order chi connectivity index (χ1) is 10.9. The van der Waals surface area contributed by atoms with Crippen molar-refractivity contribution in [3.05, 3.63) is 23.2 Å². The zero-order chi connectivity index (χ0) is 17.0. The molecule has 1 amide bonds. The average Bonchev–Trinajstić information content (AvgIpc) is 2.50. The Morgan fingerprint density at radius 1 is 1.30 bits per heavy atom. The maximum absolute atomic E-state index is 12.3. The van der Waals surface area contributed by atoms with Gasteiger partial charge in [0.1, 0.15) is 5.75 Å². The monoisotopic (exact) mass is 347 g/mol. The van der Waals surface area contributed by atoms with Crippen LogP contribution in [-0.4, -0.2) is 23.6 Å². The summed E-state index contributed by atoms with van der Waals surface area (Å²) in [5.74, 6) is -2.41. The Balaban J connectivity index is 2.03. The van der Waals surface area contributed by atoms with Gasteiger partial charge in [-0.25, -0.2) is 0 Å². The van der Waals surface area contributed by atoms with E-state index in [-0.39, 0.29) is 28.8 Å². The molecule has 1 saturated carbocycles. The van der Waals surface area contributed by atoms with Crippen molar-refractivity contribution < 1.29 is 28.2 Å². The van der Waals surface area contributed by atoms with Crippen LogP contribution in [0.25, 0.3) is 0 Å². The summed E-state index contributed by atoms with van der Waals surface area (Å²) in [7, 11) is 0. The van der Waals surface area contributed by atoms with Crippen LogP contribution in [0, 0.1) is 11.8 Å². The molecule has 0 heterocycles. The minimum atomic E-state index is -3.02. The highest BCUT2D eigenvalue weighted by molar-refractivity contribution is 6.32. The molecule has 2 atom stereocenters. The van der Waals surface area contributed by atoms with Gasteiger partial charge in [0, 0.05) is 17.7 Å². The van der Waals surface area contributed by atoms with Gasteiger partial charge in [-0.05, 0) is 31.4 Å². The van der Waals surface area contributed by atoms with Gasteiger partial charge in [0.2, 0.25) is 5.91 Å². The van der Waals surface area contributed by atoms with Crippen LogP contribution in [0.2, 0.25) is 5.02 Å². The lowest BCUT2D eigenvalue weighted by molar-refractivity contribution is -0.143. The van der Waals surface area contributed by atoms with Gasteiger partial charge in [-0.15, -0.1) is 0 Å². The van der Waals surface area contributed by atoms with Crippen molar-refractivity contribution in [1.82, 2.24) is 0 Å². The molecule has 0 spiro atoms. The smallest absolute Gasteiger partial charge is 0.387 e. The third-order valence-corrected chi connectivity index (χ3v) is 4.12. The van der Waals surface area contributed by atoms with E-state index in [2.05, 4.69) is 10.1 Å². The van der Waals surface area contributed by atoms with Crippen LogP contribution in [0.5, 0.6) is 5.75 Å². The third-order valence-electron chi connectivity index (χ3n) is 3.81. The molecule has 23 heavy (non-hydrogen) atoms. The highest BCUT2D eigenvalue weighted by Gasteiger charge is 2.31. The Morgan fingerprint density at radius 2 is 2.00 bits per heavy atom. The van der Waals surface area contributed by atoms with E-state index in [1.165, 1.54) is 18.2 Å². The summed E-state index contributed by atoms with van der Waals surface area (Å²) in [6, 6.07) is 4.02. The number of halogens is 3. The first kappa shape index (κ1) is 17.5.